The topological polar surface area (TPSA) is 52.3 Å². The maximum absolute atomic E-state index is 11.4. The van der Waals surface area contributed by atoms with Crippen LogP contribution in [0.25, 0.3) is 0 Å². The molecule has 0 saturated heterocycles. The molecule has 0 aliphatic heterocycles. The highest BCUT2D eigenvalue weighted by atomic mass is 35.5. The van der Waals surface area contributed by atoms with Crippen LogP contribution in [0.3, 0.4) is 0 Å². The van der Waals surface area contributed by atoms with E-state index in [2.05, 4.69) is 0 Å². The summed E-state index contributed by atoms with van der Waals surface area (Å²) in [7, 11) is 0. The van der Waals surface area contributed by atoms with E-state index in [9.17, 15) is 4.79 Å². The number of halogens is 1. The molecule has 1 aromatic rings. The number of nitrogens with two attached hydrogens (primary N) is 1. The first-order valence-electron chi connectivity index (χ1n) is 4.83. The maximum atomic E-state index is 11.4. The first-order valence-corrected chi connectivity index (χ1v) is 5.21. The molecule has 82 valence electrons. The van der Waals surface area contributed by atoms with Crippen LogP contribution >= 0.6 is 11.6 Å². The number of esters is 1. The van der Waals surface area contributed by atoms with Gasteiger partial charge >= 0.3 is 5.97 Å². The monoisotopic (exact) mass is 227 g/mol. The van der Waals surface area contributed by atoms with E-state index in [0.717, 1.165) is 6.42 Å². The number of rotatable bonds is 4. The normalized spacial score (nSPS) is 12.2. The second kappa shape index (κ2) is 5.73. The van der Waals surface area contributed by atoms with Crippen molar-refractivity contribution in [2.75, 3.05) is 6.61 Å². The Labute approximate surface area is 94.2 Å². The molecule has 1 rings (SSSR count). The van der Waals surface area contributed by atoms with Crippen molar-refractivity contribution < 1.29 is 9.53 Å². The van der Waals surface area contributed by atoms with Crippen molar-refractivity contribution in [1.29, 1.82) is 0 Å². The zero-order chi connectivity index (χ0) is 11.3. The largest absolute Gasteiger partial charge is 0.464 e. The van der Waals surface area contributed by atoms with Crippen LogP contribution in [0.4, 0.5) is 0 Å². The Morgan fingerprint density at radius 1 is 1.53 bits per heavy atom. The molecule has 3 nitrogen and oxygen atoms in total. The van der Waals surface area contributed by atoms with E-state index in [-0.39, 0.29) is 0 Å². The standard InChI is InChI=1S/C11H14ClNO2/c1-2-7-15-11(14)10(13)8-5-3-4-6-9(8)12/h3-6,10H,2,7,13H2,1H3/t10-/m1/s1. The van der Waals surface area contributed by atoms with Gasteiger partial charge in [-0.15, -0.1) is 0 Å². The number of hydrogen-bond donors (Lipinski definition) is 1. The fraction of sp³-hybridized carbons (Fsp3) is 0.364. The second-order valence-electron chi connectivity index (χ2n) is 3.17. The van der Waals surface area contributed by atoms with Gasteiger partial charge in [0.15, 0.2) is 0 Å². The summed E-state index contributed by atoms with van der Waals surface area (Å²) in [4.78, 5) is 11.4. The van der Waals surface area contributed by atoms with E-state index >= 15 is 0 Å². The van der Waals surface area contributed by atoms with E-state index in [4.69, 9.17) is 22.1 Å². The average Bonchev–Trinajstić information content (AvgIpc) is 2.25. The highest BCUT2D eigenvalue weighted by Gasteiger charge is 2.19. The van der Waals surface area contributed by atoms with Gasteiger partial charge in [0.1, 0.15) is 6.04 Å². The van der Waals surface area contributed by atoms with Gasteiger partial charge in [-0.05, 0) is 18.1 Å². The number of benzene rings is 1. The third kappa shape index (κ3) is 3.22. The second-order valence-corrected chi connectivity index (χ2v) is 3.57. The van der Waals surface area contributed by atoms with Crippen molar-refractivity contribution in [3.63, 3.8) is 0 Å². The minimum absolute atomic E-state index is 0.386. The first-order chi connectivity index (χ1) is 7.16. The van der Waals surface area contributed by atoms with Gasteiger partial charge in [0.2, 0.25) is 0 Å². The zero-order valence-corrected chi connectivity index (χ0v) is 9.33. The van der Waals surface area contributed by atoms with E-state index < -0.39 is 12.0 Å². The fourth-order valence-electron chi connectivity index (χ4n) is 1.15. The van der Waals surface area contributed by atoms with Gasteiger partial charge in [0.05, 0.1) is 6.61 Å². The van der Waals surface area contributed by atoms with Gasteiger partial charge < -0.3 is 10.5 Å². The lowest BCUT2D eigenvalue weighted by atomic mass is 10.1. The maximum Gasteiger partial charge on any atom is 0.327 e. The summed E-state index contributed by atoms with van der Waals surface area (Å²) in [5, 5.41) is 0.485. The Balaban J connectivity index is 2.72. The molecule has 0 amide bonds. The lowest BCUT2D eigenvalue weighted by Gasteiger charge is -2.12. The quantitative estimate of drug-likeness (QED) is 0.803. The Morgan fingerprint density at radius 3 is 2.80 bits per heavy atom. The highest BCUT2D eigenvalue weighted by molar-refractivity contribution is 6.31. The molecular weight excluding hydrogens is 214 g/mol. The minimum atomic E-state index is -0.801. The summed E-state index contributed by atoms with van der Waals surface area (Å²) in [5.41, 5.74) is 6.32. The Bertz CT molecular complexity index is 341. The van der Waals surface area contributed by atoms with Crippen molar-refractivity contribution in [3.8, 4) is 0 Å². The van der Waals surface area contributed by atoms with E-state index in [1.54, 1.807) is 24.3 Å². The number of carbonyl (C=O) groups excluding carboxylic acids is 1. The van der Waals surface area contributed by atoms with Crippen molar-refractivity contribution in [1.82, 2.24) is 0 Å². The molecule has 1 atom stereocenters. The van der Waals surface area contributed by atoms with Crippen molar-refractivity contribution in [2.45, 2.75) is 19.4 Å². The van der Waals surface area contributed by atoms with E-state index in [1.807, 2.05) is 6.92 Å². The van der Waals surface area contributed by atoms with Gasteiger partial charge in [0, 0.05) is 5.02 Å². The summed E-state index contributed by atoms with van der Waals surface area (Å²) in [6.07, 6.45) is 0.779. The van der Waals surface area contributed by atoms with Crippen LogP contribution in [0.5, 0.6) is 0 Å². The number of ether oxygens (including phenoxy) is 1. The Morgan fingerprint density at radius 2 is 2.20 bits per heavy atom. The summed E-state index contributed by atoms with van der Waals surface area (Å²) in [6, 6.07) is 6.19. The van der Waals surface area contributed by atoms with E-state index in [1.165, 1.54) is 0 Å². The molecule has 0 saturated carbocycles. The smallest absolute Gasteiger partial charge is 0.327 e. The summed E-state index contributed by atoms with van der Waals surface area (Å²) < 4.78 is 4.94. The predicted octanol–water partition coefficient (Wildman–Crippen LogP) is 2.29. The molecule has 0 bridgehead atoms. The molecule has 0 aromatic heterocycles. The fourth-order valence-corrected chi connectivity index (χ4v) is 1.40. The predicted molar refractivity (Wildman–Crippen MR) is 59.6 cm³/mol. The first kappa shape index (κ1) is 12.0. The molecule has 0 radical (unpaired) electrons. The van der Waals surface area contributed by atoms with Gasteiger partial charge in [-0.3, -0.25) is 0 Å². The van der Waals surface area contributed by atoms with Gasteiger partial charge in [-0.2, -0.15) is 0 Å². The lowest BCUT2D eigenvalue weighted by Crippen LogP contribution is -2.24. The average molecular weight is 228 g/mol. The molecule has 0 aliphatic rings. The summed E-state index contributed by atoms with van der Waals surface area (Å²) >= 11 is 5.91. The molecule has 0 unspecified atom stereocenters. The molecule has 0 fully saturated rings. The molecule has 0 aliphatic carbocycles. The van der Waals surface area contributed by atoms with Gasteiger partial charge in [-0.1, -0.05) is 36.7 Å². The van der Waals surface area contributed by atoms with Crippen molar-refractivity contribution in [2.24, 2.45) is 5.73 Å². The molecule has 0 spiro atoms. The molecule has 15 heavy (non-hydrogen) atoms. The highest BCUT2D eigenvalue weighted by Crippen LogP contribution is 2.21. The molecule has 4 heteroatoms. The lowest BCUT2D eigenvalue weighted by molar-refractivity contribution is -0.145. The van der Waals surface area contributed by atoms with Crippen LogP contribution in [0.15, 0.2) is 24.3 Å². The van der Waals surface area contributed by atoms with Crippen LogP contribution in [0.2, 0.25) is 5.02 Å². The molecule has 0 heterocycles. The molecular formula is C11H14ClNO2. The summed E-state index contributed by atoms with van der Waals surface area (Å²) in [5.74, 6) is -0.440. The van der Waals surface area contributed by atoms with Gasteiger partial charge in [0.25, 0.3) is 0 Å². The van der Waals surface area contributed by atoms with Crippen LogP contribution in [0.1, 0.15) is 24.9 Å². The molecule has 2 N–H and O–H groups in total. The Kier molecular flexibility index (Phi) is 4.59. The van der Waals surface area contributed by atoms with Crippen LogP contribution in [-0.2, 0) is 9.53 Å². The van der Waals surface area contributed by atoms with E-state index in [0.29, 0.717) is 17.2 Å². The van der Waals surface area contributed by atoms with Crippen LogP contribution in [-0.4, -0.2) is 12.6 Å². The molecule has 1 aromatic carbocycles. The number of hydrogen-bond acceptors (Lipinski definition) is 3. The minimum Gasteiger partial charge on any atom is -0.464 e. The Hall–Kier alpha value is -1.06. The number of carbonyl (C=O) groups is 1. The third-order valence-electron chi connectivity index (χ3n) is 1.94. The third-order valence-corrected chi connectivity index (χ3v) is 2.29. The summed E-state index contributed by atoms with van der Waals surface area (Å²) in [6.45, 7) is 2.31. The van der Waals surface area contributed by atoms with Crippen molar-refractivity contribution in [3.05, 3.63) is 34.9 Å². The van der Waals surface area contributed by atoms with Crippen molar-refractivity contribution >= 4 is 17.6 Å². The van der Waals surface area contributed by atoms with Crippen LogP contribution in [0, 0.1) is 0 Å². The van der Waals surface area contributed by atoms with Crippen LogP contribution < -0.4 is 5.73 Å². The van der Waals surface area contributed by atoms with Gasteiger partial charge in [-0.25, -0.2) is 4.79 Å². The zero-order valence-electron chi connectivity index (χ0n) is 8.57. The SMILES string of the molecule is CCCOC(=O)[C@H](N)c1ccccc1Cl.